The Hall–Kier alpha value is -3.98. The molecule has 5 heterocycles. The second-order valence-electron chi connectivity index (χ2n) is 11.0. The van der Waals surface area contributed by atoms with Crippen molar-refractivity contribution >= 4 is 17.7 Å². The van der Waals surface area contributed by atoms with Crippen LogP contribution in [0.5, 0.6) is 0 Å². The summed E-state index contributed by atoms with van der Waals surface area (Å²) >= 11 is 1.08. The summed E-state index contributed by atoms with van der Waals surface area (Å²) in [6.07, 6.45) is 1.22. The molecule has 15 nitrogen and oxygen atoms in total. The van der Waals surface area contributed by atoms with Crippen LogP contribution in [0.25, 0.3) is 22.5 Å². The zero-order valence-electron chi connectivity index (χ0n) is 25.1. The van der Waals surface area contributed by atoms with E-state index in [1.165, 1.54) is 10.9 Å². The highest BCUT2D eigenvalue weighted by Crippen LogP contribution is 2.41. The molecule has 0 saturated carbocycles. The molecule has 0 radical (unpaired) electrons. The van der Waals surface area contributed by atoms with Gasteiger partial charge >= 0.3 is 5.97 Å². The first-order valence-electron chi connectivity index (χ1n) is 14.6. The van der Waals surface area contributed by atoms with E-state index in [1.807, 2.05) is 6.07 Å². The van der Waals surface area contributed by atoms with Gasteiger partial charge in [-0.25, -0.2) is 27.3 Å². The van der Waals surface area contributed by atoms with E-state index < -0.39 is 83.8 Å². The van der Waals surface area contributed by atoms with E-state index in [9.17, 15) is 33.3 Å². The van der Waals surface area contributed by atoms with Gasteiger partial charge in [-0.3, -0.25) is 4.98 Å². The largest absolute Gasteiger partial charge is 0.467 e. The maximum atomic E-state index is 14.0. The molecular formula is C29H30F3N7O8S. The Kier molecular flexibility index (Phi) is 10.3. The summed E-state index contributed by atoms with van der Waals surface area (Å²) in [5.41, 5.74) is 0.00689. The first kappa shape index (κ1) is 33.9. The van der Waals surface area contributed by atoms with Crippen molar-refractivity contribution in [2.45, 2.75) is 47.2 Å². The number of hydrogen-bond donors (Lipinski definition) is 3. The van der Waals surface area contributed by atoms with Gasteiger partial charge in [0.2, 0.25) is 0 Å². The Labute approximate surface area is 274 Å². The molecule has 2 aliphatic rings. The van der Waals surface area contributed by atoms with E-state index in [1.54, 1.807) is 24.7 Å². The highest BCUT2D eigenvalue weighted by molar-refractivity contribution is 8.00. The summed E-state index contributed by atoms with van der Waals surface area (Å²) < 4.78 is 66.7. The fourth-order valence-corrected chi connectivity index (χ4v) is 6.95. The maximum absolute atomic E-state index is 14.0. The second kappa shape index (κ2) is 14.6. The lowest BCUT2D eigenvalue weighted by molar-refractivity contribution is -0.197. The van der Waals surface area contributed by atoms with Gasteiger partial charge in [0.25, 0.3) is 0 Å². The van der Waals surface area contributed by atoms with Gasteiger partial charge in [-0.15, -0.1) is 22.0 Å². The predicted octanol–water partition coefficient (Wildman–Crippen LogP) is 0.927. The molecule has 0 aliphatic carbocycles. The Morgan fingerprint density at radius 2 is 1.75 bits per heavy atom. The van der Waals surface area contributed by atoms with Crippen molar-refractivity contribution < 1.29 is 52.2 Å². The number of benzene rings is 1. The number of aliphatic hydroxyl groups excluding tert-OH is 3. The topological polar surface area (TPSA) is 189 Å². The van der Waals surface area contributed by atoms with Crippen molar-refractivity contribution in [1.82, 2.24) is 35.0 Å². The monoisotopic (exact) mass is 693 g/mol. The fraction of sp³-hybridized carbons (Fsp3) is 0.448. The van der Waals surface area contributed by atoms with Crippen LogP contribution in [0.15, 0.2) is 49.1 Å². The van der Waals surface area contributed by atoms with E-state index in [-0.39, 0.29) is 24.5 Å². The first-order valence-corrected chi connectivity index (χ1v) is 15.6. The van der Waals surface area contributed by atoms with Gasteiger partial charge in [0.05, 0.1) is 50.7 Å². The van der Waals surface area contributed by atoms with Gasteiger partial charge in [-0.2, -0.15) is 0 Å². The molecule has 0 unspecified atom stereocenters. The van der Waals surface area contributed by atoms with Crippen LogP contribution >= 0.6 is 11.8 Å². The SMILES string of the molecule is COC(=O)CO[C@@H]1[C@@H](n2cc(-c3cc(F)c(F)c(F)c3)nn2)[C@@H](O)[C@@H](CO)O[C@H]1S[C@@H]1COC[C@H](n2cc(-c3cccnc3)nn2)[C@H]1O. The number of nitrogens with zero attached hydrogens (tertiary/aromatic N) is 7. The number of halogens is 3. The number of hydrogen-bond acceptors (Lipinski definition) is 14. The molecule has 3 N–H and O–H groups in total. The minimum absolute atomic E-state index is 0.0691. The number of aromatic nitrogens is 7. The number of ether oxygens (including phenoxy) is 4. The second-order valence-corrected chi connectivity index (χ2v) is 12.3. The molecule has 2 aliphatic heterocycles. The summed E-state index contributed by atoms with van der Waals surface area (Å²) in [5, 5.41) is 48.6. The van der Waals surface area contributed by atoms with Gasteiger partial charge < -0.3 is 34.3 Å². The zero-order chi connectivity index (χ0) is 33.9. The number of carbonyl (C=O) groups is 1. The summed E-state index contributed by atoms with van der Waals surface area (Å²) in [4.78, 5) is 16.2. The van der Waals surface area contributed by atoms with Gasteiger partial charge in [0.1, 0.15) is 53.8 Å². The Morgan fingerprint density at radius 1 is 1.04 bits per heavy atom. The van der Waals surface area contributed by atoms with Crippen molar-refractivity contribution in [3.8, 4) is 22.5 Å². The van der Waals surface area contributed by atoms with Gasteiger partial charge in [-0.05, 0) is 24.3 Å². The summed E-state index contributed by atoms with van der Waals surface area (Å²) in [5.74, 6) is -5.27. The third-order valence-electron chi connectivity index (χ3n) is 8.00. The molecule has 1 aromatic carbocycles. The van der Waals surface area contributed by atoms with Crippen molar-refractivity contribution in [3.05, 3.63) is 66.5 Å². The van der Waals surface area contributed by atoms with Gasteiger partial charge in [0, 0.05) is 23.5 Å². The van der Waals surface area contributed by atoms with Crippen molar-refractivity contribution in [1.29, 1.82) is 0 Å². The number of esters is 1. The van der Waals surface area contributed by atoms with E-state index in [0.717, 1.165) is 41.2 Å². The molecule has 19 heteroatoms. The molecule has 4 aromatic rings. The molecule has 256 valence electrons. The van der Waals surface area contributed by atoms with Crippen LogP contribution in [0.2, 0.25) is 0 Å². The third kappa shape index (κ3) is 6.93. The van der Waals surface area contributed by atoms with Crippen LogP contribution in [0.3, 0.4) is 0 Å². The van der Waals surface area contributed by atoms with Crippen LogP contribution < -0.4 is 0 Å². The lowest BCUT2D eigenvalue weighted by atomic mass is 9.97. The summed E-state index contributed by atoms with van der Waals surface area (Å²) in [6, 6.07) is 3.21. The van der Waals surface area contributed by atoms with Crippen LogP contribution in [-0.2, 0) is 23.7 Å². The molecule has 3 aromatic heterocycles. The predicted molar refractivity (Wildman–Crippen MR) is 158 cm³/mol. The zero-order valence-corrected chi connectivity index (χ0v) is 25.9. The van der Waals surface area contributed by atoms with Crippen LogP contribution in [-0.4, -0.2) is 125 Å². The third-order valence-corrected chi connectivity index (χ3v) is 9.42. The molecular weight excluding hydrogens is 663 g/mol. The summed E-state index contributed by atoms with van der Waals surface area (Å²) in [6.45, 7) is -1.03. The molecule has 0 amide bonds. The Bertz CT molecular complexity index is 1700. The highest BCUT2D eigenvalue weighted by Gasteiger charge is 2.50. The molecule has 6 rings (SSSR count). The maximum Gasteiger partial charge on any atom is 0.331 e. The average Bonchev–Trinajstić information content (AvgIpc) is 3.79. The number of thioether (sulfide) groups is 1. The number of carbonyl (C=O) groups excluding carboxylic acids is 1. The smallest absolute Gasteiger partial charge is 0.331 e. The quantitative estimate of drug-likeness (QED) is 0.157. The molecule has 8 atom stereocenters. The minimum Gasteiger partial charge on any atom is -0.467 e. The van der Waals surface area contributed by atoms with E-state index in [4.69, 9.17) is 18.9 Å². The molecule has 0 spiro atoms. The molecule has 2 saturated heterocycles. The first-order chi connectivity index (χ1) is 23.2. The van der Waals surface area contributed by atoms with E-state index in [2.05, 4.69) is 25.6 Å². The lowest BCUT2D eigenvalue weighted by Crippen LogP contribution is -2.57. The van der Waals surface area contributed by atoms with Crippen LogP contribution in [0.1, 0.15) is 12.1 Å². The van der Waals surface area contributed by atoms with E-state index >= 15 is 0 Å². The average molecular weight is 694 g/mol. The standard InChI is InChI=1S/C29H30F3N7O8S/c1-44-23(41)13-46-28-25(39-9-19(35-37-39)15-5-16(30)24(32)17(31)6-15)27(43)21(10-40)47-29(28)48-22-12-45-11-20(26(22)42)38-8-18(34-36-38)14-3-2-4-33-7-14/h2-9,20-22,25-29,40,42-43H,10-13H2,1H3/t20-,21+,22+,25-,26+,27-,28+,29-/m0/s1. The fourth-order valence-electron chi connectivity index (χ4n) is 5.49. The normalized spacial score (nSPS) is 27.6. The summed E-state index contributed by atoms with van der Waals surface area (Å²) in [7, 11) is 1.16. The number of rotatable bonds is 10. The number of aliphatic hydroxyl groups is 3. The molecule has 0 bridgehead atoms. The number of pyridine rings is 1. The van der Waals surface area contributed by atoms with E-state index in [0.29, 0.717) is 5.69 Å². The van der Waals surface area contributed by atoms with Gasteiger partial charge in [0.15, 0.2) is 17.5 Å². The Balaban J connectivity index is 1.28. The van der Waals surface area contributed by atoms with Crippen LogP contribution in [0.4, 0.5) is 13.2 Å². The lowest BCUT2D eigenvalue weighted by Gasteiger charge is -2.45. The van der Waals surface area contributed by atoms with Crippen molar-refractivity contribution in [3.63, 3.8) is 0 Å². The molecule has 2 fully saturated rings. The van der Waals surface area contributed by atoms with Crippen molar-refractivity contribution in [2.24, 2.45) is 0 Å². The minimum atomic E-state index is -1.65. The number of methoxy groups -OCH3 is 1. The van der Waals surface area contributed by atoms with Crippen LogP contribution in [0, 0.1) is 17.5 Å². The van der Waals surface area contributed by atoms with Gasteiger partial charge in [-0.1, -0.05) is 10.4 Å². The highest BCUT2D eigenvalue weighted by atomic mass is 32.2. The molecule has 48 heavy (non-hydrogen) atoms. The Morgan fingerprint density at radius 3 is 2.44 bits per heavy atom. The van der Waals surface area contributed by atoms with Crippen molar-refractivity contribution in [2.75, 3.05) is 33.5 Å².